The van der Waals surface area contributed by atoms with Gasteiger partial charge in [0, 0.05) is 19.0 Å². The van der Waals surface area contributed by atoms with E-state index in [1.165, 1.54) is 4.90 Å². The SMILES string of the molecule is NCC(=O)OC(C(=O)N1CC[C@H]1C(=O)NCc1ccc2c(N)noc2c1)C1CCCCC1. The summed E-state index contributed by atoms with van der Waals surface area (Å²) in [4.78, 5) is 39.3. The van der Waals surface area contributed by atoms with E-state index in [0.29, 0.717) is 24.4 Å². The van der Waals surface area contributed by atoms with Gasteiger partial charge in [0.05, 0.1) is 11.9 Å². The number of esters is 1. The zero-order valence-corrected chi connectivity index (χ0v) is 17.9. The van der Waals surface area contributed by atoms with Gasteiger partial charge in [-0.2, -0.15) is 0 Å². The molecule has 0 radical (unpaired) electrons. The number of likely N-dealkylation sites (tertiary alicyclic amines) is 1. The largest absolute Gasteiger partial charge is 0.451 e. The number of carbonyl (C=O) groups excluding carboxylic acids is 3. The summed E-state index contributed by atoms with van der Waals surface area (Å²) < 4.78 is 10.6. The number of nitrogens with two attached hydrogens (primary N) is 2. The van der Waals surface area contributed by atoms with E-state index in [2.05, 4.69) is 10.5 Å². The Morgan fingerprint density at radius 1 is 1.22 bits per heavy atom. The Hall–Kier alpha value is -3.14. The van der Waals surface area contributed by atoms with Gasteiger partial charge in [0.1, 0.15) is 6.04 Å². The van der Waals surface area contributed by atoms with Crippen LogP contribution >= 0.6 is 0 Å². The molecule has 1 aromatic carbocycles. The highest BCUT2D eigenvalue weighted by molar-refractivity contribution is 5.92. The summed E-state index contributed by atoms with van der Waals surface area (Å²) in [6.07, 6.45) is 4.46. The summed E-state index contributed by atoms with van der Waals surface area (Å²) in [5.41, 5.74) is 12.5. The number of hydrogen-bond donors (Lipinski definition) is 3. The molecule has 0 spiro atoms. The van der Waals surface area contributed by atoms with Crippen LogP contribution in [0, 0.1) is 5.92 Å². The molecule has 1 saturated carbocycles. The molecule has 0 bridgehead atoms. The number of hydrogen-bond acceptors (Lipinski definition) is 8. The third-order valence-corrected chi connectivity index (χ3v) is 6.38. The van der Waals surface area contributed by atoms with Crippen molar-refractivity contribution in [3.8, 4) is 0 Å². The number of benzene rings is 1. The van der Waals surface area contributed by atoms with E-state index in [1.54, 1.807) is 12.1 Å². The van der Waals surface area contributed by atoms with Crippen molar-refractivity contribution < 1.29 is 23.6 Å². The number of fused-ring (bicyclic) bond motifs is 1. The molecule has 2 aromatic rings. The molecule has 1 unspecified atom stereocenters. The Morgan fingerprint density at radius 2 is 2.00 bits per heavy atom. The second-order valence-corrected chi connectivity index (χ2v) is 8.46. The standard InChI is InChI=1S/C22H29N5O5/c23-11-18(28)31-19(14-4-2-1-3-5-14)22(30)27-9-8-16(27)21(29)25-12-13-6-7-15-17(10-13)32-26-20(15)24/h6-7,10,14,16,19H,1-5,8-9,11-12,23H2,(H2,24,26)(H,25,29)/t16-,19?/m0/s1. The zero-order valence-electron chi connectivity index (χ0n) is 17.9. The first-order valence-corrected chi connectivity index (χ1v) is 11.1. The second kappa shape index (κ2) is 9.56. The molecule has 2 heterocycles. The first-order chi connectivity index (χ1) is 15.5. The highest BCUT2D eigenvalue weighted by Crippen LogP contribution is 2.31. The van der Waals surface area contributed by atoms with E-state index in [4.69, 9.17) is 20.7 Å². The van der Waals surface area contributed by atoms with E-state index < -0.39 is 18.1 Å². The molecule has 1 aromatic heterocycles. The molecule has 10 nitrogen and oxygen atoms in total. The van der Waals surface area contributed by atoms with Crippen LogP contribution in [0.1, 0.15) is 44.1 Å². The van der Waals surface area contributed by atoms with Crippen LogP contribution in [0.25, 0.3) is 11.0 Å². The minimum absolute atomic E-state index is 0.0304. The summed E-state index contributed by atoms with van der Waals surface area (Å²) in [6.45, 7) is 0.466. The van der Waals surface area contributed by atoms with Crippen LogP contribution in [-0.2, 0) is 25.7 Å². The normalized spacial score (nSPS) is 19.9. The lowest BCUT2D eigenvalue weighted by molar-refractivity contribution is -0.169. The molecule has 2 fully saturated rings. The number of nitrogen functional groups attached to an aromatic ring is 1. The third-order valence-electron chi connectivity index (χ3n) is 6.38. The Kier molecular flexibility index (Phi) is 6.59. The van der Waals surface area contributed by atoms with Crippen LogP contribution in [0.15, 0.2) is 22.7 Å². The van der Waals surface area contributed by atoms with Gasteiger partial charge in [-0.1, -0.05) is 30.5 Å². The molecule has 5 N–H and O–H groups in total. The fraction of sp³-hybridized carbons (Fsp3) is 0.545. The Bertz CT molecular complexity index is 1000. The Morgan fingerprint density at radius 3 is 2.69 bits per heavy atom. The first-order valence-electron chi connectivity index (χ1n) is 11.1. The summed E-state index contributed by atoms with van der Waals surface area (Å²) in [6, 6.07) is 4.83. The van der Waals surface area contributed by atoms with Gasteiger partial charge in [0.15, 0.2) is 17.5 Å². The number of carbonyl (C=O) groups is 3. The van der Waals surface area contributed by atoms with Gasteiger partial charge in [0.25, 0.3) is 5.91 Å². The summed E-state index contributed by atoms with van der Waals surface area (Å²) in [5.74, 6) is -0.851. The van der Waals surface area contributed by atoms with E-state index in [0.717, 1.165) is 43.1 Å². The van der Waals surface area contributed by atoms with Crippen molar-refractivity contribution in [1.29, 1.82) is 0 Å². The fourth-order valence-electron chi connectivity index (χ4n) is 4.48. The highest BCUT2D eigenvalue weighted by atomic mass is 16.5. The van der Waals surface area contributed by atoms with Crippen molar-refractivity contribution in [2.75, 3.05) is 18.8 Å². The maximum absolute atomic E-state index is 13.2. The molecule has 32 heavy (non-hydrogen) atoms. The average molecular weight is 444 g/mol. The number of nitrogens with one attached hydrogen (secondary N) is 1. The predicted molar refractivity (Wildman–Crippen MR) is 116 cm³/mol. The zero-order chi connectivity index (χ0) is 22.7. The molecule has 172 valence electrons. The summed E-state index contributed by atoms with van der Waals surface area (Å²) in [5, 5.41) is 7.31. The van der Waals surface area contributed by atoms with E-state index in [-0.39, 0.29) is 30.8 Å². The van der Waals surface area contributed by atoms with Crippen molar-refractivity contribution in [2.45, 2.75) is 57.2 Å². The monoisotopic (exact) mass is 443 g/mol. The molecule has 1 aliphatic heterocycles. The predicted octanol–water partition coefficient (Wildman–Crippen LogP) is 1.08. The quantitative estimate of drug-likeness (QED) is 0.537. The lowest BCUT2D eigenvalue weighted by Crippen LogP contribution is -2.61. The molecule has 1 saturated heterocycles. The molecule has 2 atom stereocenters. The third kappa shape index (κ3) is 4.55. The summed E-state index contributed by atoms with van der Waals surface area (Å²) in [7, 11) is 0. The lowest BCUT2D eigenvalue weighted by atomic mass is 9.84. The smallest absolute Gasteiger partial charge is 0.320 e. The van der Waals surface area contributed by atoms with Crippen molar-refractivity contribution in [3.05, 3.63) is 23.8 Å². The maximum atomic E-state index is 13.2. The minimum Gasteiger partial charge on any atom is -0.451 e. The van der Waals surface area contributed by atoms with Gasteiger partial charge in [-0.3, -0.25) is 14.4 Å². The molecular formula is C22H29N5O5. The Labute approximate surface area is 185 Å². The van der Waals surface area contributed by atoms with Crippen LogP contribution in [0.5, 0.6) is 0 Å². The van der Waals surface area contributed by atoms with Crippen LogP contribution in [-0.4, -0.2) is 53.1 Å². The molecule has 1 aliphatic carbocycles. The fourth-order valence-corrected chi connectivity index (χ4v) is 4.48. The number of ether oxygens (including phenoxy) is 1. The number of anilines is 1. The minimum atomic E-state index is -0.874. The molecule has 2 aliphatic rings. The van der Waals surface area contributed by atoms with Crippen LogP contribution < -0.4 is 16.8 Å². The number of aromatic nitrogens is 1. The van der Waals surface area contributed by atoms with E-state index in [9.17, 15) is 14.4 Å². The topological polar surface area (TPSA) is 154 Å². The Balaban J connectivity index is 1.38. The molecule has 10 heteroatoms. The van der Waals surface area contributed by atoms with Gasteiger partial charge < -0.3 is 30.9 Å². The van der Waals surface area contributed by atoms with Crippen LogP contribution in [0.2, 0.25) is 0 Å². The molecule has 2 amide bonds. The second-order valence-electron chi connectivity index (χ2n) is 8.46. The number of rotatable bonds is 7. The number of nitrogens with zero attached hydrogens (tertiary/aromatic N) is 2. The van der Waals surface area contributed by atoms with Gasteiger partial charge in [0.2, 0.25) is 5.91 Å². The van der Waals surface area contributed by atoms with Crippen molar-refractivity contribution in [2.24, 2.45) is 11.7 Å². The van der Waals surface area contributed by atoms with Crippen molar-refractivity contribution >= 4 is 34.6 Å². The van der Waals surface area contributed by atoms with Gasteiger partial charge >= 0.3 is 5.97 Å². The lowest BCUT2D eigenvalue weighted by Gasteiger charge is -2.42. The van der Waals surface area contributed by atoms with Crippen LogP contribution in [0.3, 0.4) is 0 Å². The van der Waals surface area contributed by atoms with E-state index in [1.807, 2.05) is 6.07 Å². The highest BCUT2D eigenvalue weighted by Gasteiger charge is 2.43. The molecule has 4 rings (SSSR count). The number of amides is 2. The average Bonchev–Trinajstić information content (AvgIpc) is 3.15. The summed E-state index contributed by atoms with van der Waals surface area (Å²) >= 11 is 0. The van der Waals surface area contributed by atoms with E-state index >= 15 is 0 Å². The van der Waals surface area contributed by atoms with Gasteiger partial charge in [-0.15, -0.1) is 0 Å². The van der Waals surface area contributed by atoms with Crippen molar-refractivity contribution in [3.63, 3.8) is 0 Å². The molecular weight excluding hydrogens is 414 g/mol. The van der Waals surface area contributed by atoms with Crippen molar-refractivity contribution in [1.82, 2.24) is 15.4 Å². The van der Waals surface area contributed by atoms with Gasteiger partial charge in [-0.05, 0) is 37.0 Å². The first kappa shape index (κ1) is 22.1. The van der Waals surface area contributed by atoms with Crippen LogP contribution in [0.4, 0.5) is 5.82 Å². The maximum Gasteiger partial charge on any atom is 0.320 e. The van der Waals surface area contributed by atoms with Gasteiger partial charge in [-0.25, -0.2) is 0 Å².